The Kier molecular flexibility index (Phi) is 9.56. The third-order valence-corrected chi connectivity index (χ3v) is 7.73. The van der Waals surface area contributed by atoms with Crippen LogP contribution in [0.1, 0.15) is 41.6 Å². The fourth-order valence-corrected chi connectivity index (χ4v) is 5.54. The molecule has 2 heterocycles. The topological polar surface area (TPSA) is 88.5 Å². The molecule has 1 atom stereocenters. The van der Waals surface area contributed by atoms with Crippen molar-refractivity contribution in [2.75, 3.05) is 46.0 Å². The molecule has 0 bridgehead atoms. The number of hydrogen-bond donors (Lipinski definition) is 1. The third-order valence-electron chi connectivity index (χ3n) is 7.73. The van der Waals surface area contributed by atoms with E-state index in [2.05, 4.69) is 4.90 Å². The van der Waals surface area contributed by atoms with Gasteiger partial charge in [-0.15, -0.1) is 0 Å². The van der Waals surface area contributed by atoms with Crippen molar-refractivity contribution in [2.24, 2.45) is 0 Å². The van der Waals surface area contributed by atoms with Crippen LogP contribution in [0.2, 0.25) is 0 Å². The number of Topliss-reactive ketones (excluding diaryl/α,β-unsaturated/α-hetero) is 1. The number of carbonyl (C=O) groups excluding carboxylic acids is 2. The number of rotatable bonds is 11. The molecule has 2 aliphatic heterocycles. The maximum absolute atomic E-state index is 13.5. The second kappa shape index (κ2) is 13.7. The normalized spacial score (nSPS) is 18.8. The predicted octanol–water partition coefficient (Wildman–Crippen LogP) is 5.12. The molecule has 3 aromatic carbocycles. The molecule has 8 nitrogen and oxygen atoms in total. The molecule has 2 saturated heterocycles. The Morgan fingerprint density at radius 1 is 0.929 bits per heavy atom. The van der Waals surface area contributed by atoms with E-state index in [1.165, 1.54) is 0 Å². The zero-order valence-electron chi connectivity index (χ0n) is 24.3. The van der Waals surface area contributed by atoms with Crippen molar-refractivity contribution in [2.45, 2.75) is 32.9 Å². The summed E-state index contributed by atoms with van der Waals surface area (Å²) in [6.45, 7) is 9.01. The van der Waals surface area contributed by atoms with Gasteiger partial charge in [0.1, 0.15) is 23.9 Å². The van der Waals surface area contributed by atoms with E-state index in [1.54, 1.807) is 17.0 Å². The summed E-state index contributed by atoms with van der Waals surface area (Å²) >= 11 is 0. The van der Waals surface area contributed by atoms with Crippen molar-refractivity contribution in [3.05, 3.63) is 101 Å². The Balaban J connectivity index is 1.43. The number of hydrogen-bond acceptors (Lipinski definition) is 7. The molecule has 0 unspecified atom stereocenters. The van der Waals surface area contributed by atoms with Crippen molar-refractivity contribution in [1.82, 2.24) is 9.80 Å². The Morgan fingerprint density at radius 3 is 2.33 bits per heavy atom. The number of nitrogens with zero attached hydrogens (tertiary/aromatic N) is 2. The number of aryl methyl sites for hydroxylation is 1. The van der Waals surface area contributed by atoms with Crippen LogP contribution >= 0.6 is 0 Å². The number of ketones is 1. The lowest BCUT2D eigenvalue weighted by molar-refractivity contribution is -0.140. The third kappa shape index (κ3) is 6.66. The average molecular weight is 571 g/mol. The number of morpholine rings is 1. The Hall–Kier alpha value is -4.14. The van der Waals surface area contributed by atoms with E-state index in [9.17, 15) is 14.7 Å². The molecule has 0 aromatic heterocycles. The van der Waals surface area contributed by atoms with E-state index < -0.39 is 17.7 Å². The largest absolute Gasteiger partial charge is 0.507 e. The summed E-state index contributed by atoms with van der Waals surface area (Å²) in [5, 5.41) is 11.6. The van der Waals surface area contributed by atoms with Crippen molar-refractivity contribution < 1.29 is 28.9 Å². The fraction of sp³-hybridized carbons (Fsp3) is 0.353. The molecule has 0 aliphatic carbocycles. The van der Waals surface area contributed by atoms with E-state index >= 15 is 0 Å². The lowest BCUT2D eigenvalue weighted by atomic mass is 9.93. The zero-order chi connectivity index (χ0) is 29.5. The highest BCUT2D eigenvalue weighted by Gasteiger charge is 2.46. The van der Waals surface area contributed by atoms with Gasteiger partial charge in [-0.05, 0) is 67.3 Å². The molecular formula is C34H38N2O6. The average Bonchev–Trinajstić information content (AvgIpc) is 3.26. The van der Waals surface area contributed by atoms with E-state index in [-0.39, 0.29) is 11.3 Å². The van der Waals surface area contributed by atoms with Crippen LogP contribution in [0.5, 0.6) is 11.5 Å². The van der Waals surface area contributed by atoms with E-state index in [0.29, 0.717) is 56.5 Å². The first-order chi connectivity index (χ1) is 20.5. The first-order valence-corrected chi connectivity index (χ1v) is 14.5. The standard InChI is InChI=1S/C34H38N2O6/c1-3-41-27-12-10-26(11-13-27)31-30(33(38)34(39)36(31)17-7-16-35-18-20-40-21-19-35)32(37)29-15-14-28(22-24(29)2)42-23-25-8-5-4-6-9-25/h4-6,8-15,22,31,37H,3,7,16-21,23H2,1-2H3/t31-/m0/s1. The lowest BCUT2D eigenvalue weighted by Gasteiger charge is -2.29. The van der Waals surface area contributed by atoms with Gasteiger partial charge in [-0.25, -0.2) is 0 Å². The van der Waals surface area contributed by atoms with Crippen molar-refractivity contribution >= 4 is 17.4 Å². The van der Waals surface area contributed by atoms with Gasteiger partial charge in [0, 0.05) is 31.7 Å². The fourth-order valence-electron chi connectivity index (χ4n) is 5.54. The van der Waals surface area contributed by atoms with E-state index in [0.717, 1.165) is 36.3 Å². The minimum absolute atomic E-state index is 0.0941. The highest BCUT2D eigenvalue weighted by Crippen LogP contribution is 2.40. The lowest BCUT2D eigenvalue weighted by Crippen LogP contribution is -2.38. The second-order valence-corrected chi connectivity index (χ2v) is 10.6. The molecule has 3 aromatic rings. The van der Waals surface area contributed by atoms with Gasteiger partial charge in [0.15, 0.2) is 0 Å². The van der Waals surface area contributed by atoms with Gasteiger partial charge >= 0.3 is 0 Å². The van der Waals surface area contributed by atoms with E-state index in [1.807, 2.05) is 74.5 Å². The monoisotopic (exact) mass is 570 g/mol. The summed E-state index contributed by atoms with van der Waals surface area (Å²) in [5.74, 6) is -0.110. The smallest absolute Gasteiger partial charge is 0.295 e. The van der Waals surface area contributed by atoms with Gasteiger partial charge in [0.05, 0.1) is 31.4 Å². The number of aliphatic hydroxyl groups is 1. The summed E-state index contributed by atoms with van der Waals surface area (Å²) in [6, 6.07) is 21.9. The van der Waals surface area contributed by atoms with Gasteiger partial charge in [-0.2, -0.15) is 0 Å². The number of benzene rings is 3. The molecule has 8 heteroatoms. The SMILES string of the molecule is CCOc1ccc([C@H]2C(=C(O)c3ccc(OCc4ccccc4)cc3C)C(=O)C(=O)N2CCCN2CCOCC2)cc1. The van der Waals surface area contributed by atoms with Gasteiger partial charge in [0.25, 0.3) is 11.7 Å². The van der Waals surface area contributed by atoms with Crippen LogP contribution in [0.25, 0.3) is 5.76 Å². The van der Waals surface area contributed by atoms with Crippen LogP contribution in [-0.2, 0) is 20.9 Å². The van der Waals surface area contributed by atoms with Crippen molar-refractivity contribution in [3.8, 4) is 11.5 Å². The predicted molar refractivity (Wildman–Crippen MR) is 160 cm³/mol. The van der Waals surface area contributed by atoms with Crippen LogP contribution in [0.15, 0.2) is 78.4 Å². The van der Waals surface area contributed by atoms with Crippen molar-refractivity contribution in [1.29, 1.82) is 0 Å². The molecular weight excluding hydrogens is 532 g/mol. The number of carbonyl (C=O) groups is 2. The molecule has 5 rings (SSSR count). The molecule has 0 radical (unpaired) electrons. The minimum atomic E-state index is -0.709. The van der Waals surface area contributed by atoms with Crippen LogP contribution < -0.4 is 9.47 Å². The summed E-state index contributed by atoms with van der Waals surface area (Å²) < 4.78 is 17.0. The highest BCUT2D eigenvalue weighted by molar-refractivity contribution is 6.46. The summed E-state index contributed by atoms with van der Waals surface area (Å²) in [7, 11) is 0. The highest BCUT2D eigenvalue weighted by atomic mass is 16.5. The molecule has 1 amide bonds. The van der Waals surface area contributed by atoms with E-state index in [4.69, 9.17) is 14.2 Å². The minimum Gasteiger partial charge on any atom is -0.507 e. The van der Waals surface area contributed by atoms with Crippen molar-refractivity contribution in [3.63, 3.8) is 0 Å². The molecule has 2 aliphatic rings. The Morgan fingerprint density at radius 2 is 1.64 bits per heavy atom. The summed E-state index contributed by atoms with van der Waals surface area (Å²) in [6.07, 6.45) is 0.701. The molecule has 0 saturated carbocycles. The van der Waals surface area contributed by atoms with Gasteiger partial charge in [0.2, 0.25) is 0 Å². The maximum Gasteiger partial charge on any atom is 0.295 e. The van der Waals surface area contributed by atoms with Gasteiger partial charge < -0.3 is 24.2 Å². The first kappa shape index (κ1) is 29.4. The van der Waals surface area contributed by atoms with Crippen LogP contribution in [0, 0.1) is 6.92 Å². The van der Waals surface area contributed by atoms with Crippen LogP contribution in [0.3, 0.4) is 0 Å². The molecule has 220 valence electrons. The molecule has 2 fully saturated rings. The number of ether oxygens (including phenoxy) is 3. The number of likely N-dealkylation sites (tertiary alicyclic amines) is 1. The quantitative estimate of drug-likeness (QED) is 0.195. The summed E-state index contributed by atoms with van der Waals surface area (Å²) in [5.41, 5.74) is 3.11. The summed E-state index contributed by atoms with van der Waals surface area (Å²) in [4.78, 5) is 30.8. The number of aliphatic hydroxyl groups excluding tert-OH is 1. The maximum atomic E-state index is 13.5. The zero-order valence-corrected chi connectivity index (χ0v) is 24.3. The second-order valence-electron chi connectivity index (χ2n) is 10.6. The van der Waals surface area contributed by atoms with Gasteiger partial charge in [-0.1, -0.05) is 42.5 Å². The Bertz CT molecular complexity index is 1410. The first-order valence-electron chi connectivity index (χ1n) is 14.5. The molecule has 1 N–H and O–H groups in total. The Labute approximate surface area is 247 Å². The van der Waals surface area contributed by atoms with Gasteiger partial charge in [-0.3, -0.25) is 14.5 Å². The molecule has 42 heavy (non-hydrogen) atoms. The van der Waals surface area contributed by atoms with Crippen LogP contribution in [0.4, 0.5) is 0 Å². The molecule has 0 spiro atoms. The van der Waals surface area contributed by atoms with Crippen LogP contribution in [-0.4, -0.2) is 72.6 Å². The number of amides is 1.